The summed E-state index contributed by atoms with van der Waals surface area (Å²) in [5.74, 6) is -2.65. The van der Waals surface area contributed by atoms with Gasteiger partial charge >= 0.3 is 5.97 Å². The number of halogens is 2. The van der Waals surface area contributed by atoms with Crippen molar-refractivity contribution in [3.8, 4) is 0 Å². The number of hydrogen-bond donors (Lipinski definition) is 1. The van der Waals surface area contributed by atoms with Gasteiger partial charge in [-0.3, -0.25) is 4.79 Å². The molecule has 0 aliphatic heterocycles. The molecule has 0 spiro atoms. The summed E-state index contributed by atoms with van der Waals surface area (Å²) in [4.78, 5) is 12.7. The molecule has 0 amide bonds. The molecule has 1 aliphatic rings. The van der Waals surface area contributed by atoms with Gasteiger partial charge in [-0.1, -0.05) is 0 Å². The van der Waals surface area contributed by atoms with Crippen molar-refractivity contribution in [3.05, 3.63) is 29.8 Å². The molecule has 1 saturated carbocycles. The Labute approximate surface area is 97.7 Å². The minimum atomic E-state index is -0.922. The van der Waals surface area contributed by atoms with Gasteiger partial charge in [0.25, 0.3) is 0 Å². The quantitative estimate of drug-likeness (QED) is 0.879. The van der Waals surface area contributed by atoms with Crippen LogP contribution >= 0.6 is 0 Å². The van der Waals surface area contributed by atoms with Gasteiger partial charge in [0.2, 0.25) is 0 Å². The van der Waals surface area contributed by atoms with Crippen LogP contribution in [0.5, 0.6) is 0 Å². The van der Waals surface area contributed by atoms with Crippen molar-refractivity contribution >= 4 is 11.7 Å². The summed E-state index contributed by atoms with van der Waals surface area (Å²) in [6.07, 6.45) is 1.27. The molecular formula is C12H13F2NO2. The number of aliphatic carboxylic acids is 1. The molecule has 17 heavy (non-hydrogen) atoms. The van der Waals surface area contributed by atoms with E-state index in [1.807, 2.05) is 0 Å². The molecule has 0 heterocycles. The van der Waals surface area contributed by atoms with E-state index in [9.17, 15) is 13.6 Å². The maximum atomic E-state index is 13.0. The van der Waals surface area contributed by atoms with Crippen LogP contribution in [0.2, 0.25) is 0 Å². The largest absolute Gasteiger partial charge is 0.481 e. The summed E-state index contributed by atoms with van der Waals surface area (Å²) >= 11 is 0. The van der Waals surface area contributed by atoms with E-state index < -0.39 is 23.0 Å². The third kappa shape index (κ3) is 2.23. The summed E-state index contributed by atoms with van der Waals surface area (Å²) in [5.41, 5.74) is -0.226. The van der Waals surface area contributed by atoms with E-state index in [2.05, 4.69) is 0 Å². The summed E-state index contributed by atoms with van der Waals surface area (Å²) in [5, 5.41) is 9.04. The number of carbonyl (C=O) groups is 1. The first kappa shape index (κ1) is 11.8. The number of nitrogens with zero attached hydrogens (tertiary/aromatic N) is 1. The van der Waals surface area contributed by atoms with Crippen LogP contribution in [-0.2, 0) is 4.79 Å². The van der Waals surface area contributed by atoms with Crippen LogP contribution in [0.4, 0.5) is 14.5 Å². The van der Waals surface area contributed by atoms with Gasteiger partial charge < -0.3 is 10.0 Å². The number of carboxylic acid groups (broad SMARTS) is 1. The first-order valence-electron chi connectivity index (χ1n) is 5.34. The summed E-state index contributed by atoms with van der Waals surface area (Å²) < 4.78 is 25.8. The first-order chi connectivity index (χ1) is 7.94. The van der Waals surface area contributed by atoms with Crippen molar-refractivity contribution in [1.29, 1.82) is 0 Å². The van der Waals surface area contributed by atoms with Gasteiger partial charge in [0.1, 0.15) is 0 Å². The van der Waals surface area contributed by atoms with E-state index in [0.29, 0.717) is 25.1 Å². The summed E-state index contributed by atoms with van der Waals surface area (Å²) in [6.45, 7) is 0.313. The Morgan fingerprint density at radius 3 is 2.53 bits per heavy atom. The molecule has 0 atom stereocenters. The lowest BCUT2D eigenvalue weighted by Gasteiger charge is -2.23. The lowest BCUT2D eigenvalue weighted by molar-refractivity contribution is -0.142. The van der Waals surface area contributed by atoms with Crippen molar-refractivity contribution in [2.24, 2.45) is 5.41 Å². The average molecular weight is 241 g/mol. The van der Waals surface area contributed by atoms with E-state index in [4.69, 9.17) is 5.11 Å². The van der Waals surface area contributed by atoms with Gasteiger partial charge in [-0.25, -0.2) is 8.78 Å². The van der Waals surface area contributed by atoms with Gasteiger partial charge in [-0.15, -0.1) is 0 Å². The van der Waals surface area contributed by atoms with Crippen LogP contribution in [0.15, 0.2) is 18.2 Å². The minimum Gasteiger partial charge on any atom is -0.481 e. The minimum absolute atomic E-state index is 0.313. The molecule has 92 valence electrons. The highest BCUT2D eigenvalue weighted by Gasteiger charge is 2.50. The van der Waals surface area contributed by atoms with Crippen LogP contribution in [0.1, 0.15) is 12.8 Å². The lowest BCUT2D eigenvalue weighted by atomic mass is 10.1. The van der Waals surface area contributed by atoms with Gasteiger partial charge in [-0.05, 0) is 25.0 Å². The molecule has 0 bridgehead atoms. The Morgan fingerprint density at radius 2 is 2.06 bits per heavy atom. The Kier molecular flexibility index (Phi) is 2.77. The van der Waals surface area contributed by atoms with Crippen molar-refractivity contribution in [2.45, 2.75) is 12.8 Å². The highest BCUT2D eigenvalue weighted by molar-refractivity contribution is 5.78. The second-order valence-corrected chi connectivity index (χ2v) is 4.54. The van der Waals surface area contributed by atoms with Gasteiger partial charge in [0.05, 0.1) is 5.41 Å². The van der Waals surface area contributed by atoms with Crippen molar-refractivity contribution < 1.29 is 18.7 Å². The third-order valence-electron chi connectivity index (χ3n) is 3.19. The zero-order chi connectivity index (χ0) is 12.6. The molecule has 0 unspecified atom stereocenters. The summed E-state index contributed by atoms with van der Waals surface area (Å²) in [7, 11) is 1.68. The molecule has 1 aliphatic carbocycles. The van der Waals surface area contributed by atoms with Crippen LogP contribution in [0, 0.1) is 17.0 Å². The third-order valence-corrected chi connectivity index (χ3v) is 3.19. The van der Waals surface area contributed by atoms with Crippen molar-refractivity contribution in [2.75, 3.05) is 18.5 Å². The zero-order valence-electron chi connectivity index (χ0n) is 9.41. The Hall–Kier alpha value is -1.65. The monoisotopic (exact) mass is 241 g/mol. The molecule has 1 fully saturated rings. The smallest absolute Gasteiger partial charge is 0.311 e. The van der Waals surface area contributed by atoms with E-state index in [-0.39, 0.29) is 0 Å². The number of anilines is 1. The number of hydrogen-bond acceptors (Lipinski definition) is 2. The number of carboxylic acids is 1. The first-order valence-corrected chi connectivity index (χ1v) is 5.34. The second kappa shape index (κ2) is 3.98. The highest BCUT2D eigenvalue weighted by atomic mass is 19.2. The zero-order valence-corrected chi connectivity index (χ0v) is 9.41. The fourth-order valence-electron chi connectivity index (χ4n) is 1.86. The molecule has 0 aromatic heterocycles. The lowest BCUT2D eigenvalue weighted by Crippen LogP contribution is -2.31. The molecule has 1 aromatic rings. The van der Waals surface area contributed by atoms with Crippen molar-refractivity contribution in [3.63, 3.8) is 0 Å². The molecular weight excluding hydrogens is 228 g/mol. The number of benzene rings is 1. The van der Waals surface area contributed by atoms with Crippen LogP contribution < -0.4 is 4.90 Å². The normalized spacial score (nSPS) is 16.6. The molecule has 5 heteroatoms. The maximum absolute atomic E-state index is 13.0. The standard InChI is InChI=1S/C12H13F2NO2/c1-15(7-12(4-5-12)11(16)17)8-2-3-9(13)10(14)6-8/h2-3,6H,4-5,7H2,1H3,(H,16,17). The molecule has 1 aromatic carbocycles. The van der Waals surface area contributed by atoms with Crippen LogP contribution in [0.3, 0.4) is 0 Å². The Bertz CT molecular complexity index is 458. The van der Waals surface area contributed by atoms with Gasteiger partial charge in [-0.2, -0.15) is 0 Å². The van der Waals surface area contributed by atoms with E-state index in [1.165, 1.54) is 6.07 Å². The second-order valence-electron chi connectivity index (χ2n) is 4.54. The Balaban J connectivity index is 2.12. The van der Waals surface area contributed by atoms with E-state index in [0.717, 1.165) is 12.1 Å². The van der Waals surface area contributed by atoms with E-state index in [1.54, 1.807) is 11.9 Å². The predicted molar refractivity (Wildman–Crippen MR) is 58.9 cm³/mol. The predicted octanol–water partition coefficient (Wildman–Crippen LogP) is 2.27. The maximum Gasteiger partial charge on any atom is 0.311 e. The summed E-state index contributed by atoms with van der Waals surface area (Å²) in [6, 6.07) is 3.56. The molecule has 3 nitrogen and oxygen atoms in total. The molecule has 0 saturated heterocycles. The van der Waals surface area contributed by atoms with Crippen LogP contribution in [0.25, 0.3) is 0 Å². The van der Waals surface area contributed by atoms with Gasteiger partial charge in [0.15, 0.2) is 11.6 Å². The van der Waals surface area contributed by atoms with Crippen LogP contribution in [-0.4, -0.2) is 24.7 Å². The fraction of sp³-hybridized carbons (Fsp3) is 0.417. The topological polar surface area (TPSA) is 40.5 Å². The molecule has 1 N–H and O–H groups in total. The fourth-order valence-corrected chi connectivity index (χ4v) is 1.86. The number of rotatable bonds is 4. The average Bonchev–Trinajstić information content (AvgIpc) is 3.03. The van der Waals surface area contributed by atoms with Gasteiger partial charge in [0, 0.05) is 25.3 Å². The molecule has 2 rings (SSSR count). The SMILES string of the molecule is CN(CC1(C(=O)O)CC1)c1ccc(F)c(F)c1. The van der Waals surface area contributed by atoms with Crippen molar-refractivity contribution in [1.82, 2.24) is 0 Å². The van der Waals surface area contributed by atoms with E-state index >= 15 is 0 Å². The molecule has 0 radical (unpaired) electrons. The Morgan fingerprint density at radius 1 is 1.41 bits per heavy atom. The highest BCUT2D eigenvalue weighted by Crippen LogP contribution is 2.46.